The highest BCUT2D eigenvalue weighted by atomic mass is 127. The molecule has 0 fully saturated rings. The van der Waals surface area contributed by atoms with Gasteiger partial charge in [-0.15, -0.1) is 0 Å². The Kier molecular flexibility index (Phi) is 6.67. The summed E-state index contributed by atoms with van der Waals surface area (Å²) in [5, 5.41) is 19.8. The molecular weight excluding hydrogens is 468 g/mol. The van der Waals surface area contributed by atoms with E-state index in [-0.39, 0.29) is 18.7 Å². The Morgan fingerprint density at radius 2 is 1.92 bits per heavy atom. The van der Waals surface area contributed by atoms with Crippen molar-refractivity contribution in [2.45, 2.75) is 12.7 Å². The number of ether oxygens (including phenoxy) is 1. The fourth-order valence-electron chi connectivity index (χ4n) is 2.02. The van der Waals surface area contributed by atoms with Gasteiger partial charge in [0.25, 0.3) is 5.91 Å². The zero-order valence-electron chi connectivity index (χ0n) is 13.1. The molecule has 140 valence electrons. The van der Waals surface area contributed by atoms with Crippen LogP contribution in [-0.4, -0.2) is 29.0 Å². The van der Waals surface area contributed by atoms with Crippen LogP contribution in [-0.2, 0) is 0 Å². The average Bonchev–Trinajstić information content (AvgIpc) is 2.55. The van der Waals surface area contributed by atoms with Gasteiger partial charge in [0.05, 0.1) is 23.5 Å². The van der Waals surface area contributed by atoms with Gasteiger partial charge in [0, 0.05) is 9.99 Å². The summed E-state index contributed by atoms with van der Waals surface area (Å²) in [6.45, 7) is -0.343. The molecule has 0 bridgehead atoms. The number of amides is 1. The summed E-state index contributed by atoms with van der Waals surface area (Å²) in [6, 6.07) is 4.85. The molecular formula is C16H14F3IN2O4. The van der Waals surface area contributed by atoms with E-state index in [4.69, 9.17) is 20.7 Å². The lowest BCUT2D eigenvalue weighted by Gasteiger charge is -2.16. The molecule has 1 amide bonds. The van der Waals surface area contributed by atoms with E-state index in [2.05, 4.69) is 5.32 Å². The zero-order valence-corrected chi connectivity index (χ0v) is 15.3. The maximum atomic E-state index is 14.4. The Bertz CT molecular complexity index is 834. The highest BCUT2D eigenvalue weighted by Crippen LogP contribution is 2.33. The molecule has 2 aromatic rings. The normalized spacial score (nSPS) is 10.9. The Labute approximate surface area is 159 Å². The van der Waals surface area contributed by atoms with Crippen LogP contribution in [0.5, 0.6) is 5.75 Å². The third kappa shape index (κ3) is 4.77. The molecule has 5 N–H and O–H groups in total. The Morgan fingerprint density at radius 1 is 1.23 bits per heavy atom. The number of benzene rings is 2. The Morgan fingerprint density at radius 3 is 2.50 bits per heavy atom. The van der Waals surface area contributed by atoms with Crippen LogP contribution in [0, 0.1) is 21.0 Å². The first kappa shape index (κ1) is 20.3. The molecule has 26 heavy (non-hydrogen) atoms. The molecule has 0 spiro atoms. The molecule has 0 unspecified atom stereocenters. The number of primary amides is 1. The van der Waals surface area contributed by atoms with Gasteiger partial charge in [-0.2, -0.15) is 4.39 Å². The van der Waals surface area contributed by atoms with Gasteiger partial charge in [-0.1, -0.05) is 0 Å². The summed E-state index contributed by atoms with van der Waals surface area (Å²) >= 11 is 1.88. The first-order chi connectivity index (χ1) is 12.2. The van der Waals surface area contributed by atoms with E-state index in [1.165, 1.54) is 18.2 Å². The zero-order chi connectivity index (χ0) is 19.4. The minimum atomic E-state index is -1.69. The number of anilines is 2. The van der Waals surface area contributed by atoms with E-state index in [1.807, 2.05) is 22.6 Å². The number of carbonyl (C=O) groups is 1. The summed E-state index contributed by atoms with van der Waals surface area (Å²) in [5.74, 6) is -5.38. The fraction of sp³-hybridized carbons (Fsp3) is 0.188. The molecule has 0 aliphatic rings. The Hall–Kier alpha value is -2.05. The van der Waals surface area contributed by atoms with Crippen molar-refractivity contribution < 1.29 is 32.9 Å². The van der Waals surface area contributed by atoms with Crippen LogP contribution in [0.4, 0.5) is 24.5 Å². The number of nitrogens with one attached hydrogen (secondary N) is 1. The largest absolute Gasteiger partial charge is 0.490 e. The monoisotopic (exact) mass is 482 g/mol. The van der Waals surface area contributed by atoms with Gasteiger partial charge < -0.3 is 26.0 Å². The van der Waals surface area contributed by atoms with Gasteiger partial charge in [-0.3, -0.25) is 4.79 Å². The number of nitrogens with two attached hydrogens (primary N) is 1. The predicted octanol–water partition coefficient (Wildman–Crippen LogP) is 2.63. The average molecular weight is 482 g/mol. The van der Waals surface area contributed by atoms with Crippen molar-refractivity contribution in [3.63, 3.8) is 0 Å². The predicted molar refractivity (Wildman–Crippen MR) is 95.6 cm³/mol. The molecule has 0 aliphatic heterocycles. The first-order valence-electron chi connectivity index (χ1n) is 7.23. The van der Waals surface area contributed by atoms with E-state index in [9.17, 15) is 18.0 Å². The number of hydrogen-bond donors (Lipinski definition) is 4. The number of hydrogen-bond acceptors (Lipinski definition) is 5. The molecule has 6 nitrogen and oxygen atoms in total. The van der Waals surface area contributed by atoms with Crippen molar-refractivity contribution in [3.8, 4) is 5.75 Å². The number of rotatable bonds is 7. The van der Waals surface area contributed by atoms with E-state index in [0.717, 1.165) is 6.07 Å². The molecule has 0 saturated heterocycles. The van der Waals surface area contributed by atoms with Crippen molar-refractivity contribution in [2.75, 3.05) is 11.9 Å². The highest BCUT2D eigenvalue weighted by molar-refractivity contribution is 14.1. The molecule has 0 aliphatic carbocycles. The van der Waals surface area contributed by atoms with Crippen LogP contribution in [0.15, 0.2) is 24.3 Å². The van der Waals surface area contributed by atoms with Gasteiger partial charge >= 0.3 is 0 Å². The van der Waals surface area contributed by atoms with Gasteiger partial charge in [0.2, 0.25) is 5.82 Å². The third-order valence-electron chi connectivity index (χ3n) is 3.26. The van der Waals surface area contributed by atoms with Crippen LogP contribution in [0.25, 0.3) is 0 Å². The van der Waals surface area contributed by atoms with Crippen molar-refractivity contribution in [2.24, 2.45) is 5.73 Å². The third-order valence-corrected chi connectivity index (χ3v) is 3.93. The topological polar surface area (TPSA) is 105 Å². The van der Waals surface area contributed by atoms with E-state index < -0.39 is 46.6 Å². The van der Waals surface area contributed by atoms with Crippen LogP contribution in [0.3, 0.4) is 0 Å². The summed E-state index contributed by atoms with van der Waals surface area (Å²) in [4.78, 5) is 11.6. The molecule has 10 heteroatoms. The maximum Gasteiger partial charge on any atom is 0.251 e. The number of aliphatic hydroxyl groups is 2. The minimum Gasteiger partial charge on any atom is -0.490 e. The number of carbonyl (C=O) groups excluding carboxylic acids is 1. The number of aliphatic hydroxyl groups excluding tert-OH is 1. The van der Waals surface area contributed by atoms with Crippen LogP contribution in [0.1, 0.15) is 16.8 Å². The van der Waals surface area contributed by atoms with E-state index >= 15 is 0 Å². The van der Waals surface area contributed by atoms with Crippen molar-refractivity contribution in [3.05, 3.63) is 50.9 Å². The summed E-state index contributed by atoms with van der Waals surface area (Å²) in [5.41, 5.74) is 3.93. The van der Waals surface area contributed by atoms with E-state index in [0.29, 0.717) is 3.57 Å². The van der Waals surface area contributed by atoms with Crippen LogP contribution >= 0.6 is 22.6 Å². The van der Waals surface area contributed by atoms with Gasteiger partial charge in [0.1, 0.15) is 5.82 Å². The highest BCUT2D eigenvalue weighted by Gasteiger charge is 2.23. The molecule has 0 saturated carbocycles. The summed E-state index contributed by atoms with van der Waals surface area (Å²) < 4.78 is 48.1. The van der Waals surface area contributed by atoms with Gasteiger partial charge in [-0.05, 0) is 46.9 Å². The second kappa shape index (κ2) is 8.56. The SMILES string of the molecule is NC(=O)c1cc(OCCC(O)O)c(F)c(F)c1Nc1ccc(I)cc1F. The smallest absolute Gasteiger partial charge is 0.251 e. The van der Waals surface area contributed by atoms with Crippen molar-refractivity contribution in [1.29, 1.82) is 0 Å². The van der Waals surface area contributed by atoms with Crippen LogP contribution < -0.4 is 15.8 Å². The summed E-state index contributed by atoms with van der Waals surface area (Å²) in [6.07, 6.45) is -1.95. The van der Waals surface area contributed by atoms with Crippen molar-refractivity contribution >= 4 is 39.9 Å². The lowest BCUT2D eigenvalue weighted by Crippen LogP contribution is -2.17. The molecule has 0 radical (unpaired) electrons. The minimum absolute atomic E-state index is 0.178. The first-order valence-corrected chi connectivity index (χ1v) is 8.31. The quantitative estimate of drug-likeness (QED) is 0.359. The van der Waals surface area contributed by atoms with Gasteiger partial charge in [0.15, 0.2) is 17.9 Å². The lowest BCUT2D eigenvalue weighted by atomic mass is 10.1. The standard InChI is InChI=1S/C16H14F3IN2O4/c17-9-5-7(20)1-2-10(9)22-15-8(16(21)25)6-11(13(18)14(15)19)26-4-3-12(23)24/h1-2,5-6,12,22-24H,3-4H2,(H2,21,25). The molecule has 2 aromatic carbocycles. The molecule has 0 aromatic heterocycles. The molecule has 2 rings (SSSR count). The Balaban J connectivity index is 2.42. The molecule has 0 atom stereocenters. The second-order valence-corrected chi connectivity index (χ2v) is 6.40. The lowest BCUT2D eigenvalue weighted by molar-refractivity contribution is -0.0522. The maximum absolute atomic E-state index is 14.4. The summed E-state index contributed by atoms with van der Waals surface area (Å²) in [7, 11) is 0. The van der Waals surface area contributed by atoms with E-state index in [1.54, 1.807) is 0 Å². The fourth-order valence-corrected chi connectivity index (χ4v) is 2.48. The van der Waals surface area contributed by atoms with Gasteiger partial charge in [-0.25, -0.2) is 8.78 Å². The number of halogens is 4. The molecule has 0 heterocycles. The second-order valence-electron chi connectivity index (χ2n) is 5.16. The van der Waals surface area contributed by atoms with Crippen molar-refractivity contribution in [1.82, 2.24) is 0 Å². The van der Waals surface area contributed by atoms with Crippen LogP contribution in [0.2, 0.25) is 0 Å².